The fourth-order valence-corrected chi connectivity index (χ4v) is 4.02. The fraction of sp³-hybridized carbons (Fsp3) is 0.571. The third-order valence-corrected chi connectivity index (χ3v) is 5.50. The number of benzene rings is 1. The molecule has 7 nitrogen and oxygen atoms in total. The van der Waals surface area contributed by atoms with E-state index in [9.17, 15) is 4.79 Å². The smallest absolute Gasteiger partial charge is 0.223 e. The first kappa shape index (κ1) is 18.9. The van der Waals surface area contributed by atoms with Crippen molar-refractivity contribution < 1.29 is 14.3 Å². The van der Waals surface area contributed by atoms with Crippen LogP contribution in [0.15, 0.2) is 24.4 Å². The van der Waals surface area contributed by atoms with Gasteiger partial charge in [0.25, 0.3) is 0 Å². The van der Waals surface area contributed by atoms with Crippen LogP contribution in [0, 0.1) is 0 Å². The van der Waals surface area contributed by atoms with Crippen LogP contribution in [-0.2, 0) is 9.53 Å². The lowest BCUT2D eigenvalue weighted by Gasteiger charge is -2.29. The van der Waals surface area contributed by atoms with Crippen molar-refractivity contribution in [2.75, 3.05) is 18.5 Å². The number of nitrogens with zero attached hydrogens (tertiary/aromatic N) is 2. The Bertz CT molecular complexity index is 814. The van der Waals surface area contributed by atoms with Gasteiger partial charge in [-0.15, -0.1) is 0 Å². The van der Waals surface area contributed by atoms with Crippen LogP contribution in [-0.4, -0.2) is 47.3 Å². The summed E-state index contributed by atoms with van der Waals surface area (Å²) in [7, 11) is 0. The summed E-state index contributed by atoms with van der Waals surface area (Å²) < 4.78 is 11.6. The van der Waals surface area contributed by atoms with Crippen molar-refractivity contribution in [1.29, 1.82) is 0 Å². The zero-order valence-corrected chi connectivity index (χ0v) is 16.3. The van der Waals surface area contributed by atoms with Crippen LogP contribution in [0.5, 0.6) is 5.75 Å². The van der Waals surface area contributed by atoms with Gasteiger partial charge in [-0.2, -0.15) is 0 Å². The van der Waals surface area contributed by atoms with Gasteiger partial charge in [0, 0.05) is 43.4 Å². The van der Waals surface area contributed by atoms with Gasteiger partial charge in [-0.25, -0.2) is 9.97 Å². The topological polar surface area (TPSA) is 85.4 Å². The number of hydrogen-bond donors (Lipinski definition) is 2. The zero-order chi connectivity index (χ0) is 19.3. The molecule has 2 aromatic rings. The second-order valence-electron chi connectivity index (χ2n) is 7.71. The molecule has 150 valence electrons. The monoisotopic (exact) mass is 384 g/mol. The lowest BCUT2D eigenvalue weighted by Crippen LogP contribution is -2.39. The van der Waals surface area contributed by atoms with Gasteiger partial charge < -0.3 is 20.1 Å². The minimum Gasteiger partial charge on any atom is -0.488 e. The highest BCUT2D eigenvalue weighted by molar-refractivity contribution is 5.84. The number of nitrogens with one attached hydrogen (secondary N) is 2. The number of rotatable bonds is 5. The van der Waals surface area contributed by atoms with E-state index in [1.165, 1.54) is 0 Å². The highest BCUT2D eigenvalue weighted by Crippen LogP contribution is 2.28. The Morgan fingerprint density at radius 1 is 1.11 bits per heavy atom. The Morgan fingerprint density at radius 2 is 1.86 bits per heavy atom. The molecule has 1 aromatic heterocycles. The normalized spacial score (nSPS) is 23.3. The maximum atomic E-state index is 11.2. The van der Waals surface area contributed by atoms with E-state index in [0.717, 1.165) is 68.4 Å². The van der Waals surface area contributed by atoms with Gasteiger partial charge in [0.2, 0.25) is 11.9 Å². The molecule has 2 aliphatic rings. The maximum absolute atomic E-state index is 11.2. The van der Waals surface area contributed by atoms with Gasteiger partial charge in [0.05, 0.1) is 13.2 Å². The number of ether oxygens (including phenoxy) is 2. The molecule has 1 aromatic carbocycles. The lowest BCUT2D eigenvalue weighted by molar-refractivity contribution is -0.119. The lowest BCUT2D eigenvalue weighted by atomic mass is 9.91. The standard InChI is InChI=1S/C21H28N4O3/c1-14(26)23-16-5-7-17(8-6-16)24-21-22-13-15-3-2-4-19(20(15)25-21)28-18-9-11-27-12-10-18/h2-4,13,16-18H,5-12H2,1H3,(H,23,26)(H,22,24,25)/t16-,17-. The SMILES string of the molecule is CC(=O)N[C@H]1CC[C@H](Nc2ncc3cccc(OC4CCOCC4)c3n2)CC1. The van der Waals surface area contributed by atoms with E-state index < -0.39 is 0 Å². The number of fused-ring (bicyclic) bond motifs is 1. The van der Waals surface area contributed by atoms with Crippen molar-refractivity contribution in [2.45, 2.75) is 63.6 Å². The Kier molecular flexibility index (Phi) is 5.90. The number of aromatic nitrogens is 2. The molecule has 1 amide bonds. The number of amides is 1. The highest BCUT2D eigenvalue weighted by atomic mass is 16.5. The number of hydrogen-bond acceptors (Lipinski definition) is 6. The van der Waals surface area contributed by atoms with Crippen molar-refractivity contribution >= 4 is 22.8 Å². The Morgan fingerprint density at radius 3 is 2.61 bits per heavy atom. The molecule has 2 heterocycles. The first-order valence-electron chi connectivity index (χ1n) is 10.2. The van der Waals surface area contributed by atoms with Gasteiger partial charge in [0.1, 0.15) is 17.4 Å². The predicted octanol–water partition coefficient (Wildman–Crippen LogP) is 3.05. The van der Waals surface area contributed by atoms with Crippen molar-refractivity contribution in [2.24, 2.45) is 0 Å². The van der Waals surface area contributed by atoms with Crippen LogP contribution >= 0.6 is 0 Å². The molecule has 0 spiro atoms. The van der Waals surface area contributed by atoms with E-state index in [2.05, 4.69) is 15.6 Å². The first-order valence-corrected chi connectivity index (χ1v) is 10.2. The summed E-state index contributed by atoms with van der Waals surface area (Å²) in [4.78, 5) is 20.5. The summed E-state index contributed by atoms with van der Waals surface area (Å²) in [6.07, 6.45) is 7.78. The minimum atomic E-state index is 0.0475. The van der Waals surface area contributed by atoms with E-state index in [0.29, 0.717) is 12.0 Å². The second kappa shape index (κ2) is 8.73. The summed E-state index contributed by atoms with van der Waals surface area (Å²) in [5.41, 5.74) is 0.846. The van der Waals surface area contributed by atoms with Gasteiger partial charge in [-0.1, -0.05) is 12.1 Å². The Balaban J connectivity index is 1.43. The van der Waals surface area contributed by atoms with Crippen molar-refractivity contribution in [3.63, 3.8) is 0 Å². The molecule has 7 heteroatoms. The minimum absolute atomic E-state index is 0.0475. The molecular weight excluding hydrogens is 356 g/mol. The summed E-state index contributed by atoms with van der Waals surface area (Å²) in [5, 5.41) is 7.46. The van der Waals surface area contributed by atoms with E-state index in [1.54, 1.807) is 6.92 Å². The second-order valence-corrected chi connectivity index (χ2v) is 7.71. The predicted molar refractivity (Wildman–Crippen MR) is 107 cm³/mol. The van der Waals surface area contributed by atoms with Crippen molar-refractivity contribution in [3.8, 4) is 5.75 Å². The average molecular weight is 384 g/mol. The number of para-hydroxylation sites is 1. The molecule has 2 N–H and O–H groups in total. The van der Waals surface area contributed by atoms with Crippen LogP contribution < -0.4 is 15.4 Å². The maximum Gasteiger partial charge on any atom is 0.223 e. The van der Waals surface area contributed by atoms with E-state index in [-0.39, 0.29) is 18.1 Å². The number of anilines is 1. The quantitative estimate of drug-likeness (QED) is 0.824. The van der Waals surface area contributed by atoms with Crippen LogP contribution in [0.4, 0.5) is 5.95 Å². The van der Waals surface area contributed by atoms with E-state index in [4.69, 9.17) is 14.5 Å². The Hall–Kier alpha value is -2.41. The molecule has 1 saturated carbocycles. The number of carbonyl (C=O) groups is 1. The fourth-order valence-electron chi connectivity index (χ4n) is 4.02. The molecule has 0 unspecified atom stereocenters. The summed E-state index contributed by atoms with van der Waals surface area (Å²) in [6, 6.07) is 6.58. The van der Waals surface area contributed by atoms with Crippen molar-refractivity contribution in [1.82, 2.24) is 15.3 Å². The molecule has 0 radical (unpaired) electrons. The largest absolute Gasteiger partial charge is 0.488 e. The van der Waals surface area contributed by atoms with Crippen LogP contribution in [0.2, 0.25) is 0 Å². The van der Waals surface area contributed by atoms with E-state index >= 15 is 0 Å². The van der Waals surface area contributed by atoms with Gasteiger partial charge >= 0.3 is 0 Å². The highest BCUT2D eigenvalue weighted by Gasteiger charge is 2.22. The molecule has 0 bridgehead atoms. The molecule has 28 heavy (non-hydrogen) atoms. The molecule has 1 aliphatic carbocycles. The molecule has 4 rings (SSSR count). The summed E-state index contributed by atoms with van der Waals surface area (Å²) >= 11 is 0. The van der Waals surface area contributed by atoms with E-state index in [1.807, 2.05) is 24.4 Å². The third-order valence-electron chi connectivity index (χ3n) is 5.50. The average Bonchev–Trinajstić information content (AvgIpc) is 2.70. The van der Waals surface area contributed by atoms with Crippen LogP contribution in [0.1, 0.15) is 45.4 Å². The number of carbonyl (C=O) groups excluding carboxylic acids is 1. The third kappa shape index (κ3) is 4.70. The molecule has 1 aliphatic heterocycles. The summed E-state index contributed by atoms with van der Waals surface area (Å²) in [5.74, 6) is 1.49. The van der Waals surface area contributed by atoms with Gasteiger partial charge in [-0.3, -0.25) is 4.79 Å². The molecule has 1 saturated heterocycles. The van der Waals surface area contributed by atoms with Gasteiger partial charge in [-0.05, 0) is 31.7 Å². The van der Waals surface area contributed by atoms with Crippen molar-refractivity contribution in [3.05, 3.63) is 24.4 Å². The first-order chi connectivity index (χ1) is 13.7. The van der Waals surface area contributed by atoms with Crippen LogP contribution in [0.25, 0.3) is 10.9 Å². The molecule has 2 fully saturated rings. The van der Waals surface area contributed by atoms with Crippen LogP contribution in [0.3, 0.4) is 0 Å². The zero-order valence-electron chi connectivity index (χ0n) is 16.3. The summed E-state index contributed by atoms with van der Waals surface area (Å²) in [6.45, 7) is 3.07. The Labute approximate surface area is 165 Å². The molecule has 0 atom stereocenters. The van der Waals surface area contributed by atoms with Gasteiger partial charge in [0.15, 0.2) is 0 Å². The molecular formula is C21H28N4O3.